The Morgan fingerprint density at radius 2 is 1.88 bits per heavy atom. The number of nitrogens with one attached hydrogen (secondary N) is 1. The van der Waals surface area contributed by atoms with E-state index in [0.717, 1.165) is 11.1 Å². The second kappa shape index (κ2) is 6.80. The Bertz CT molecular complexity index is 732. The molecule has 0 bridgehead atoms. The van der Waals surface area contributed by atoms with Gasteiger partial charge >= 0.3 is 6.75 Å². The van der Waals surface area contributed by atoms with Crippen LogP contribution in [0.2, 0.25) is 0 Å². The van der Waals surface area contributed by atoms with Crippen LogP contribution in [0.5, 0.6) is 5.75 Å². The lowest BCUT2D eigenvalue weighted by Gasteiger charge is -2.42. The molecule has 0 radical (unpaired) electrons. The molecule has 0 spiro atoms. The van der Waals surface area contributed by atoms with Crippen molar-refractivity contribution in [3.8, 4) is 5.75 Å². The first-order valence-corrected chi connectivity index (χ1v) is 8.57. The third kappa shape index (κ3) is 4.22. The highest BCUT2D eigenvalue weighted by atomic mass is 16.7. The van der Waals surface area contributed by atoms with Crippen LogP contribution in [0, 0.1) is 0 Å². The zero-order valence-corrected chi connectivity index (χ0v) is 14.9. The van der Waals surface area contributed by atoms with Gasteiger partial charge in [-0.1, -0.05) is 36.4 Å². The summed E-state index contributed by atoms with van der Waals surface area (Å²) < 4.78 is 11.4. The Morgan fingerprint density at radius 1 is 1.16 bits per heavy atom. The quantitative estimate of drug-likeness (QED) is 0.740. The van der Waals surface area contributed by atoms with Crippen LogP contribution in [0.25, 0.3) is 0 Å². The van der Waals surface area contributed by atoms with Crippen molar-refractivity contribution in [1.82, 2.24) is 5.32 Å². The normalized spacial score (nSPS) is 21.3. The third-order valence-corrected chi connectivity index (χ3v) is 4.27. The number of fused-ring (bicyclic) bond motifs is 1. The van der Waals surface area contributed by atoms with Crippen LogP contribution in [0.4, 0.5) is 0 Å². The van der Waals surface area contributed by atoms with E-state index in [-0.39, 0.29) is 12.1 Å². The van der Waals surface area contributed by atoms with E-state index in [4.69, 9.17) is 9.31 Å². The number of rotatable bonds is 4. The zero-order chi connectivity index (χ0) is 18.1. The summed E-state index contributed by atoms with van der Waals surface area (Å²) in [5.41, 5.74) is 2.15. The van der Waals surface area contributed by atoms with Gasteiger partial charge in [-0.05, 0) is 38.5 Å². The van der Waals surface area contributed by atoms with Crippen LogP contribution >= 0.6 is 0 Å². The van der Waals surface area contributed by atoms with Crippen molar-refractivity contribution < 1.29 is 19.4 Å². The van der Waals surface area contributed by atoms with Gasteiger partial charge in [-0.15, -0.1) is 5.46 Å². The lowest BCUT2D eigenvalue weighted by molar-refractivity contribution is 0.140. The fourth-order valence-electron chi connectivity index (χ4n) is 2.82. The van der Waals surface area contributed by atoms with E-state index >= 15 is 0 Å². The summed E-state index contributed by atoms with van der Waals surface area (Å²) in [5.74, 6) is 0.581. The standard InChI is InChI=1S/C19H25BNO4/c1-19(2,3)21-12-17(22)14-9-10-18-15(11-14)13-24-20(23,25-18)16-7-5-4-6-8-16/h4-11,17,21-23H,12-13H2,1-3H3/q-1/t17-,20?/m0/s1. The molecular weight excluding hydrogens is 317 g/mol. The summed E-state index contributed by atoms with van der Waals surface area (Å²) in [6, 6.07) is 14.6. The molecule has 134 valence electrons. The molecule has 0 saturated carbocycles. The second-order valence-electron chi connectivity index (χ2n) is 7.53. The Hall–Kier alpha value is -1.86. The fraction of sp³-hybridized carbons (Fsp3) is 0.368. The zero-order valence-electron chi connectivity index (χ0n) is 14.9. The largest absolute Gasteiger partial charge is 0.666 e. The minimum atomic E-state index is -2.52. The van der Waals surface area contributed by atoms with Gasteiger partial charge in [-0.25, -0.2) is 0 Å². The Kier molecular flexibility index (Phi) is 4.89. The molecule has 0 saturated heterocycles. The van der Waals surface area contributed by atoms with Gasteiger partial charge in [0.25, 0.3) is 0 Å². The van der Waals surface area contributed by atoms with Crippen molar-refractivity contribution in [3.05, 3.63) is 59.7 Å². The maximum absolute atomic E-state index is 10.7. The number of aliphatic hydroxyl groups is 1. The van der Waals surface area contributed by atoms with E-state index in [1.807, 2.05) is 30.3 Å². The minimum Gasteiger partial charge on any atom is -0.666 e. The molecule has 0 amide bonds. The van der Waals surface area contributed by atoms with Crippen LogP contribution in [-0.2, 0) is 11.3 Å². The molecule has 0 aromatic heterocycles. The molecule has 0 fully saturated rings. The number of benzene rings is 2. The molecular formula is C19H25BNO4-. The van der Waals surface area contributed by atoms with E-state index in [0.29, 0.717) is 17.8 Å². The number of hydrogen-bond donors (Lipinski definition) is 3. The van der Waals surface area contributed by atoms with Gasteiger partial charge in [0.15, 0.2) is 0 Å². The van der Waals surface area contributed by atoms with Gasteiger partial charge in [-0.3, -0.25) is 0 Å². The molecule has 25 heavy (non-hydrogen) atoms. The predicted molar refractivity (Wildman–Crippen MR) is 98.6 cm³/mol. The van der Waals surface area contributed by atoms with Crippen LogP contribution in [0.15, 0.2) is 48.5 Å². The molecule has 3 rings (SSSR count). The molecule has 2 aromatic rings. The predicted octanol–water partition coefficient (Wildman–Crippen LogP) is 1.86. The van der Waals surface area contributed by atoms with Crippen molar-refractivity contribution in [1.29, 1.82) is 0 Å². The Morgan fingerprint density at radius 3 is 2.56 bits per heavy atom. The third-order valence-electron chi connectivity index (χ3n) is 4.27. The molecule has 1 unspecified atom stereocenters. The Labute approximate surface area is 148 Å². The fourth-order valence-corrected chi connectivity index (χ4v) is 2.82. The maximum atomic E-state index is 10.7. The van der Waals surface area contributed by atoms with Crippen LogP contribution in [-0.4, -0.2) is 29.0 Å². The summed E-state index contributed by atoms with van der Waals surface area (Å²) in [6.45, 7) is 4.33. The number of aliphatic hydroxyl groups excluding tert-OH is 1. The number of β-amino-alcohol motifs (C(OH)–C–C–N with tert-alkyl or cyclic N) is 1. The van der Waals surface area contributed by atoms with Gasteiger partial charge in [0.05, 0.1) is 11.9 Å². The smallest absolute Gasteiger partial charge is 0.463 e. The average Bonchev–Trinajstić information content (AvgIpc) is 2.59. The highest BCUT2D eigenvalue weighted by molar-refractivity contribution is 6.74. The molecule has 2 aromatic carbocycles. The van der Waals surface area contributed by atoms with E-state index < -0.39 is 12.9 Å². The second-order valence-corrected chi connectivity index (χ2v) is 7.53. The summed E-state index contributed by atoms with van der Waals surface area (Å²) in [7, 11) is 0. The van der Waals surface area contributed by atoms with Crippen LogP contribution in [0.3, 0.4) is 0 Å². The molecule has 1 aliphatic heterocycles. The first-order chi connectivity index (χ1) is 11.8. The van der Waals surface area contributed by atoms with E-state index in [2.05, 4.69) is 26.1 Å². The van der Waals surface area contributed by atoms with Gasteiger partial charge in [0, 0.05) is 24.3 Å². The summed E-state index contributed by atoms with van der Waals surface area (Å²) in [6.07, 6.45) is -0.620. The molecule has 2 atom stereocenters. The van der Waals surface area contributed by atoms with Crippen molar-refractivity contribution >= 4 is 12.2 Å². The van der Waals surface area contributed by atoms with Gasteiger partial charge in [0.2, 0.25) is 0 Å². The lowest BCUT2D eigenvalue weighted by atomic mass is 9.68. The molecule has 5 nitrogen and oxygen atoms in total. The van der Waals surface area contributed by atoms with E-state index in [9.17, 15) is 10.1 Å². The van der Waals surface area contributed by atoms with E-state index in [1.54, 1.807) is 18.2 Å². The van der Waals surface area contributed by atoms with Crippen molar-refractivity contribution in [3.63, 3.8) is 0 Å². The first kappa shape index (κ1) is 18.0. The summed E-state index contributed by atoms with van der Waals surface area (Å²) in [5, 5.41) is 24.4. The van der Waals surface area contributed by atoms with Crippen molar-refractivity contribution in [2.45, 2.75) is 39.0 Å². The van der Waals surface area contributed by atoms with Crippen molar-refractivity contribution in [2.75, 3.05) is 6.54 Å². The molecule has 1 heterocycles. The summed E-state index contributed by atoms with van der Waals surface area (Å²) in [4.78, 5) is 0. The number of hydrogen-bond acceptors (Lipinski definition) is 5. The van der Waals surface area contributed by atoms with Gasteiger partial charge in [-0.2, -0.15) is 0 Å². The van der Waals surface area contributed by atoms with Crippen LogP contribution < -0.4 is 15.4 Å². The molecule has 0 aliphatic carbocycles. The minimum absolute atomic E-state index is 0.0594. The maximum Gasteiger partial charge on any atom is 0.463 e. The SMILES string of the molecule is CC(C)(C)NC[C@H](O)c1ccc2c(c1)CO[B-](O)(c1ccccc1)O2. The Balaban J connectivity index is 1.75. The average molecular weight is 342 g/mol. The van der Waals surface area contributed by atoms with Gasteiger partial charge < -0.3 is 24.8 Å². The van der Waals surface area contributed by atoms with Crippen LogP contribution in [0.1, 0.15) is 38.0 Å². The lowest BCUT2D eigenvalue weighted by Crippen LogP contribution is -2.58. The summed E-state index contributed by atoms with van der Waals surface area (Å²) >= 11 is 0. The van der Waals surface area contributed by atoms with E-state index in [1.165, 1.54) is 0 Å². The first-order valence-electron chi connectivity index (χ1n) is 8.57. The molecule has 6 heteroatoms. The topological polar surface area (TPSA) is 71.0 Å². The van der Waals surface area contributed by atoms with Gasteiger partial charge in [0.1, 0.15) is 0 Å². The van der Waals surface area contributed by atoms with Crippen molar-refractivity contribution in [2.24, 2.45) is 0 Å². The molecule has 1 aliphatic rings. The monoisotopic (exact) mass is 342 g/mol. The molecule has 3 N–H and O–H groups in total. The highest BCUT2D eigenvalue weighted by Gasteiger charge is 2.33. The highest BCUT2D eigenvalue weighted by Crippen LogP contribution is 2.30.